The molecule has 94 valence electrons. The summed E-state index contributed by atoms with van der Waals surface area (Å²) in [5.41, 5.74) is 2.61. The average Bonchev–Trinajstić information content (AvgIpc) is 2.18. The van der Waals surface area contributed by atoms with Crippen molar-refractivity contribution in [1.82, 2.24) is 0 Å². The van der Waals surface area contributed by atoms with Crippen molar-refractivity contribution in [2.24, 2.45) is 0 Å². The maximum Gasteiger partial charge on any atom is 0.235 e. The van der Waals surface area contributed by atoms with E-state index in [2.05, 4.69) is 0 Å². The molecule has 0 amide bonds. The van der Waals surface area contributed by atoms with Crippen molar-refractivity contribution >= 4 is 27.3 Å². The van der Waals surface area contributed by atoms with Gasteiger partial charge in [-0.05, 0) is 43.9 Å². The summed E-state index contributed by atoms with van der Waals surface area (Å²) in [6, 6.07) is 3.78. The highest BCUT2D eigenvalue weighted by Gasteiger charge is 2.28. The van der Waals surface area contributed by atoms with E-state index in [0.717, 1.165) is 24.0 Å². The second-order valence-electron chi connectivity index (χ2n) is 4.51. The van der Waals surface area contributed by atoms with Gasteiger partial charge >= 0.3 is 0 Å². The Labute approximate surface area is 107 Å². The van der Waals surface area contributed by atoms with E-state index in [1.165, 1.54) is 4.31 Å². The molecule has 2 rings (SSSR count). The third-order valence-corrected chi connectivity index (χ3v) is 5.13. The number of benzene rings is 1. The third-order valence-electron chi connectivity index (χ3n) is 3.00. The van der Waals surface area contributed by atoms with Crippen LogP contribution < -0.4 is 4.31 Å². The van der Waals surface area contributed by atoms with Crippen LogP contribution >= 0.6 is 11.6 Å². The molecule has 0 aliphatic carbocycles. The van der Waals surface area contributed by atoms with E-state index in [-0.39, 0.29) is 5.75 Å². The van der Waals surface area contributed by atoms with Crippen molar-refractivity contribution in [3.05, 3.63) is 28.3 Å². The van der Waals surface area contributed by atoms with Gasteiger partial charge in [-0.2, -0.15) is 0 Å². The summed E-state index contributed by atoms with van der Waals surface area (Å²) in [6.45, 7) is 4.39. The van der Waals surface area contributed by atoms with Crippen molar-refractivity contribution in [2.45, 2.75) is 26.7 Å². The first-order valence-electron chi connectivity index (χ1n) is 5.69. The molecule has 0 saturated carbocycles. The second kappa shape index (κ2) is 4.50. The lowest BCUT2D eigenvalue weighted by molar-refractivity contribution is 0.574. The summed E-state index contributed by atoms with van der Waals surface area (Å²) in [5.74, 6) is 0.219. The van der Waals surface area contributed by atoms with E-state index in [9.17, 15) is 8.42 Å². The lowest BCUT2D eigenvalue weighted by atomic mass is 10.1. The van der Waals surface area contributed by atoms with Gasteiger partial charge in [-0.15, -0.1) is 0 Å². The minimum Gasteiger partial charge on any atom is -0.268 e. The zero-order valence-corrected chi connectivity index (χ0v) is 11.6. The lowest BCUT2D eigenvalue weighted by Gasteiger charge is -2.30. The molecule has 1 fully saturated rings. The Morgan fingerprint density at radius 1 is 1.24 bits per heavy atom. The number of hydrogen-bond donors (Lipinski definition) is 0. The summed E-state index contributed by atoms with van der Waals surface area (Å²) in [6.07, 6.45) is 1.63. The number of nitrogens with zero attached hydrogens (tertiary/aromatic N) is 1. The lowest BCUT2D eigenvalue weighted by Crippen LogP contribution is -2.38. The maximum absolute atomic E-state index is 12.0. The van der Waals surface area contributed by atoms with Crippen molar-refractivity contribution in [2.75, 3.05) is 16.6 Å². The number of halogens is 1. The molecule has 0 aromatic heterocycles. The normalized spacial score (nSPS) is 19.4. The molecular weight excluding hydrogens is 258 g/mol. The molecule has 0 radical (unpaired) electrons. The Bertz CT molecular complexity index is 516. The second-order valence-corrected chi connectivity index (χ2v) is 6.93. The van der Waals surface area contributed by atoms with E-state index < -0.39 is 10.0 Å². The first-order valence-corrected chi connectivity index (χ1v) is 7.68. The number of hydrogen-bond acceptors (Lipinski definition) is 2. The Morgan fingerprint density at radius 3 is 2.53 bits per heavy atom. The molecule has 1 aliphatic rings. The highest BCUT2D eigenvalue weighted by molar-refractivity contribution is 7.92. The molecule has 5 heteroatoms. The van der Waals surface area contributed by atoms with Crippen molar-refractivity contribution in [1.29, 1.82) is 0 Å². The van der Waals surface area contributed by atoms with Gasteiger partial charge < -0.3 is 0 Å². The highest BCUT2D eigenvalue weighted by Crippen LogP contribution is 2.34. The molecule has 0 bridgehead atoms. The molecule has 17 heavy (non-hydrogen) atoms. The van der Waals surface area contributed by atoms with Gasteiger partial charge in [0.25, 0.3) is 0 Å². The maximum atomic E-state index is 12.0. The van der Waals surface area contributed by atoms with E-state index in [1.807, 2.05) is 26.0 Å². The molecular formula is C12H16ClNO2S. The molecule has 0 spiro atoms. The van der Waals surface area contributed by atoms with E-state index in [4.69, 9.17) is 11.6 Å². The van der Waals surface area contributed by atoms with Crippen LogP contribution in [0.2, 0.25) is 5.02 Å². The fourth-order valence-corrected chi connectivity index (χ4v) is 4.45. The zero-order valence-electron chi connectivity index (χ0n) is 10.0. The minimum absolute atomic E-state index is 0.219. The summed E-state index contributed by atoms with van der Waals surface area (Å²) in [4.78, 5) is 0. The largest absolute Gasteiger partial charge is 0.268 e. The Kier molecular flexibility index (Phi) is 3.36. The molecule has 0 atom stereocenters. The summed E-state index contributed by atoms with van der Waals surface area (Å²) in [7, 11) is -3.19. The first kappa shape index (κ1) is 12.7. The van der Waals surface area contributed by atoms with Crippen LogP contribution in [0.15, 0.2) is 12.1 Å². The van der Waals surface area contributed by atoms with Gasteiger partial charge in [0.1, 0.15) is 0 Å². The molecule has 1 aromatic rings. The summed E-state index contributed by atoms with van der Waals surface area (Å²) < 4.78 is 25.5. The molecule has 1 aliphatic heterocycles. The van der Waals surface area contributed by atoms with Gasteiger partial charge in [-0.1, -0.05) is 17.7 Å². The predicted octanol–water partition coefficient (Wildman–Crippen LogP) is 2.89. The van der Waals surface area contributed by atoms with Gasteiger partial charge in [-0.3, -0.25) is 4.31 Å². The van der Waals surface area contributed by atoms with Crippen LogP contribution in [-0.2, 0) is 10.0 Å². The standard InChI is InChI=1S/C12H16ClNO2S/c1-9-7-10(2)12(11(13)8-9)14-5-3-4-6-17(14,15)16/h7-8H,3-6H2,1-2H3. The number of anilines is 1. The van der Waals surface area contributed by atoms with Gasteiger partial charge in [0.15, 0.2) is 0 Å². The average molecular weight is 274 g/mol. The highest BCUT2D eigenvalue weighted by atomic mass is 35.5. The smallest absolute Gasteiger partial charge is 0.235 e. The van der Waals surface area contributed by atoms with Crippen molar-refractivity contribution < 1.29 is 8.42 Å². The predicted molar refractivity (Wildman–Crippen MR) is 71.3 cm³/mol. The van der Waals surface area contributed by atoms with E-state index in [0.29, 0.717) is 17.3 Å². The summed E-state index contributed by atoms with van der Waals surface area (Å²) in [5, 5.41) is 0.521. The van der Waals surface area contributed by atoms with Crippen LogP contribution in [0.25, 0.3) is 0 Å². The van der Waals surface area contributed by atoms with E-state index >= 15 is 0 Å². The molecule has 0 N–H and O–H groups in total. The van der Waals surface area contributed by atoms with Crippen molar-refractivity contribution in [3.8, 4) is 0 Å². The van der Waals surface area contributed by atoms with Gasteiger partial charge in [0.05, 0.1) is 16.5 Å². The van der Waals surface area contributed by atoms with Crippen molar-refractivity contribution in [3.63, 3.8) is 0 Å². The fourth-order valence-electron chi connectivity index (χ4n) is 2.26. The molecule has 3 nitrogen and oxygen atoms in total. The number of aryl methyl sites for hydroxylation is 2. The Hall–Kier alpha value is -0.740. The van der Waals surface area contributed by atoms with E-state index in [1.54, 1.807) is 0 Å². The van der Waals surface area contributed by atoms with Crippen LogP contribution in [0.1, 0.15) is 24.0 Å². The molecule has 0 unspecified atom stereocenters. The fraction of sp³-hybridized carbons (Fsp3) is 0.500. The molecule has 1 heterocycles. The van der Waals surface area contributed by atoms with Crippen LogP contribution in [0.3, 0.4) is 0 Å². The SMILES string of the molecule is Cc1cc(C)c(N2CCCCS2(=O)=O)c(Cl)c1. The van der Waals surface area contributed by atoms with Crippen LogP contribution in [0.5, 0.6) is 0 Å². The number of sulfonamides is 1. The Balaban J connectivity index is 2.53. The molecule has 1 saturated heterocycles. The van der Waals surface area contributed by atoms with Gasteiger partial charge in [-0.25, -0.2) is 8.42 Å². The van der Waals surface area contributed by atoms with Crippen LogP contribution in [-0.4, -0.2) is 20.7 Å². The Morgan fingerprint density at radius 2 is 1.94 bits per heavy atom. The molecule has 1 aromatic carbocycles. The minimum atomic E-state index is -3.19. The van der Waals surface area contributed by atoms with Crippen LogP contribution in [0, 0.1) is 13.8 Å². The monoisotopic (exact) mass is 273 g/mol. The quantitative estimate of drug-likeness (QED) is 0.789. The van der Waals surface area contributed by atoms with Gasteiger partial charge in [0.2, 0.25) is 10.0 Å². The third kappa shape index (κ3) is 2.43. The topological polar surface area (TPSA) is 37.4 Å². The number of rotatable bonds is 1. The van der Waals surface area contributed by atoms with Crippen LogP contribution in [0.4, 0.5) is 5.69 Å². The van der Waals surface area contributed by atoms with Gasteiger partial charge in [0, 0.05) is 6.54 Å². The zero-order chi connectivity index (χ0) is 12.6. The first-order chi connectivity index (χ1) is 7.92. The summed E-state index contributed by atoms with van der Waals surface area (Å²) >= 11 is 6.19.